The van der Waals surface area contributed by atoms with Gasteiger partial charge >= 0.3 is 0 Å². The fourth-order valence-electron chi connectivity index (χ4n) is 2.35. The lowest BCUT2D eigenvalue weighted by molar-refractivity contribution is 0.463. The third-order valence-corrected chi connectivity index (χ3v) is 3.82. The van der Waals surface area contributed by atoms with Crippen molar-refractivity contribution in [2.45, 2.75) is 26.9 Å². The van der Waals surface area contributed by atoms with Crippen molar-refractivity contribution in [2.24, 2.45) is 4.99 Å². The summed E-state index contributed by atoms with van der Waals surface area (Å²) >= 11 is 0. The lowest BCUT2D eigenvalue weighted by atomic mass is 10.3. The Labute approximate surface area is 146 Å². The van der Waals surface area contributed by atoms with Crippen LogP contribution in [-0.2, 0) is 13.1 Å². The quantitative estimate of drug-likeness (QED) is 0.551. The molecule has 1 aromatic carbocycles. The van der Waals surface area contributed by atoms with Gasteiger partial charge in [0.25, 0.3) is 0 Å². The van der Waals surface area contributed by atoms with Crippen LogP contribution in [-0.4, -0.2) is 27.8 Å². The van der Waals surface area contributed by atoms with Gasteiger partial charge in [0.1, 0.15) is 5.76 Å². The van der Waals surface area contributed by atoms with Gasteiger partial charge in [-0.05, 0) is 26.0 Å². The van der Waals surface area contributed by atoms with Crippen molar-refractivity contribution < 1.29 is 4.42 Å². The molecule has 0 atom stereocenters. The molecule has 2 N–H and O–H groups in total. The van der Waals surface area contributed by atoms with Gasteiger partial charge < -0.3 is 15.1 Å². The van der Waals surface area contributed by atoms with Crippen LogP contribution in [0.4, 0.5) is 0 Å². The number of guanidine groups is 1. The molecule has 0 bridgehead atoms. The maximum atomic E-state index is 5.55. The standard InChI is InChI=1S/C18H22N6O/c1-13-14(2)25-17(23-13)11-21-18(19-3)20-9-15-10-22-24(12-15)16-7-5-4-6-8-16/h4-8,10,12H,9,11H2,1-3H3,(H2,19,20,21). The van der Waals surface area contributed by atoms with Crippen molar-refractivity contribution >= 4 is 5.96 Å². The van der Waals surface area contributed by atoms with E-state index in [1.54, 1.807) is 7.05 Å². The first-order chi connectivity index (χ1) is 12.2. The largest absolute Gasteiger partial charge is 0.444 e. The zero-order valence-corrected chi connectivity index (χ0v) is 14.7. The minimum atomic E-state index is 0.484. The Bertz CT molecular complexity index is 830. The topological polar surface area (TPSA) is 80.3 Å². The molecule has 0 amide bonds. The molecule has 0 unspecified atom stereocenters. The molecule has 0 saturated carbocycles. The number of oxazole rings is 1. The van der Waals surface area contributed by atoms with Crippen LogP contribution in [0.5, 0.6) is 0 Å². The molecular weight excluding hydrogens is 316 g/mol. The van der Waals surface area contributed by atoms with E-state index in [4.69, 9.17) is 4.42 Å². The minimum Gasteiger partial charge on any atom is -0.444 e. The lowest BCUT2D eigenvalue weighted by Crippen LogP contribution is -2.36. The summed E-state index contributed by atoms with van der Waals surface area (Å²) in [5.41, 5.74) is 3.01. The minimum absolute atomic E-state index is 0.484. The number of nitrogens with zero attached hydrogens (tertiary/aromatic N) is 4. The molecular formula is C18H22N6O. The average molecular weight is 338 g/mol. The smallest absolute Gasteiger partial charge is 0.214 e. The molecule has 0 aliphatic carbocycles. The second-order valence-electron chi connectivity index (χ2n) is 5.66. The highest BCUT2D eigenvalue weighted by molar-refractivity contribution is 5.79. The molecule has 0 spiro atoms. The highest BCUT2D eigenvalue weighted by Crippen LogP contribution is 2.08. The SMILES string of the molecule is CN=C(NCc1cnn(-c2ccccc2)c1)NCc1nc(C)c(C)o1. The monoisotopic (exact) mass is 338 g/mol. The summed E-state index contributed by atoms with van der Waals surface area (Å²) in [5, 5.41) is 10.8. The molecule has 0 saturated heterocycles. The summed E-state index contributed by atoms with van der Waals surface area (Å²) in [7, 11) is 1.73. The van der Waals surface area contributed by atoms with Gasteiger partial charge in [0.15, 0.2) is 5.96 Å². The van der Waals surface area contributed by atoms with Gasteiger partial charge in [-0.3, -0.25) is 4.99 Å². The van der Waals surface area contributed by atoms with Crippen molar-refractivity contribution in [1.82, 2.24) is 25.4 Å². The Hall–Kier alpha value is -3.09. The summed E-state index contributed by atoms with van der Waals surface area (Å²) in [5.74, 6) is 2.17. The molecule has 0 radical (unpaired) electrons. The normalized spacial score (nSPS) is 11.6. The van der Waals surface area contributed by atoms with Gasteiger partial charge in [0, 0.05) is 25.4 Å². The van der Waals surface area contributed by atoms with Crippen LogP contribution < -0.4 is 10.6 Å². The number of benzene rings is 1. The lowest BCUT2D eigenvalue weighted by Gasteiger charge is -2.09. The van der Waals surface area contributed by atoms with Gasteiger partial charge in [-0.2, -0.15) is 5.10 Å². The molecule has 2 aromatic heterocycles. The number of aromatic nitrogens is 3. The summed E-state index contributed by atoms with van der Waals surface area (Å²) in [6, 6.07) is 10.0. The number of rotatable bonds is 5. The van der Waals surface area contributed by atoms with E-state index < -0.39 is 0 Å². The fourth-order valence-corrected chi connectivity index (χ4v) is 2.35. The van der Waals surface area contributed by atoms with Gasteiger partial charge in [-0.1, -0.05) is 18.2 Å². The molecule has 25 heavy (non-hydrogen) atoms. The Balaban J connectivity index is 1.54. The maximum absolute atomic E-state index is 5.55. The molecule has 3 aromatic rings. The van der Waals surface area contributed by atoms with Crippen LogP contribution in [0.15, 0.2) is 52.1 Å². The predicted octanol–water partition coefficient (Wildman–Crippen LogP) is 2.34. The number of aryl methyl sites for hydroxylation is 2. The molecule has 2 heterocycles. The van der Waals surface area contributed by atoms with Crippen molar-refractivity contribution in [3.63, 3.8) is 0 Å². The van der Waals surface area contributed by atoms with Crippen LogP contribution in [0.1, 0.15) is 22.9 Å². The van der Waals surface area contributed by atoms with E-state index in [-0.39, 0.29) is 0 Å². The number of para-hydroxylation sites is 1. The van der Waals surface area contributed by atoms with E-state index in [0.717, 1.165) is 22.7 Å². The molecule has 0 aliphatic rings. The van der Waals surface area contributed by atoms with Crippen molar-refractivity contribution in [3.05, 3.63) is 65.6 Å². The van der Waals surface area contributed by atoms with Crippen LogP contribution in [0.25, 0.3) is 5.69 Å². The molecule has 3 rings (SSSR count). The number of aliphatic imine (C=N–C) groups is 1. The number of hydrogen-bond acceptors (Lipinski definition) is 4. The van der Waals surface area contributed by atoms with Gasteiger partial charge in [0.2, 0.25) is 5.89 Å². The molecule has 0 aliphatic heterocycles. The van der Waals surface area contributed by atoms with E-state index in [1.165, 1.54) is 0 Å². The highest BCUT2D eigenvalue weighted by atomic mass is 16.4. The molecule has 0 fully saturated rings. The Morgan fingerprint density at radius 3 is 2.60 bits per heavy atom. The fraction of sp³-hybridized carbons (Fsp3) is 0.278. The van der Waals surface area contributed by atoms with Gasteiger partial charge in [-0.15, -0.1) is 0 Å². The Kier molecular flexibility index (Phi) is 5.13. The summed E-state index contributed by atoms with van der Waals surface area (Å²) in [6.45, 7) is 4.94. The van der Waals surface area contributed by atoms with Gasteiger partial charge in [0.05, 0.1) is 24.1 Å². The number of nitrogens with one attached hydrogen (secondary N) is 2. The summed E-state index contributed by atoms with van der Waals surface area (Å²) in [4.78, 5) is 8.56. The van der Waals surface area contributed by atoms with E-state index in [2.05, 4.69) is 25.7 Å². The van der Waals surface area contributed by atoms with E-state index in [1.807, 2.05) is 61.3 Å². The van der Waals surface area contributed by atoms with E-state index in [9.17, 15) is 0 Å². The van der Waals surface area contributed by atoms with E-state index >= 15 is 0 Å². The Morgan fingerprint density at radius 2 is 1.92 bits per heavy atom. The first kappa shape index (κ1) is 16.8. The van der Waals surface area contributed by atoms with Crippen molar-refractivity contribution in [1.29, 1.82) is 0 Å². The third-order valence-electron chi connectivity index (χ3n) is 3.82. The molecule has 7 nitrogen and oxygen atoms in total. The third kappa shape index (κ3) is 4.26. The first-order valence-corrected chi connectivity index (χ1v) is 8.12. The maximum Gasteiger partial charge on any atom is 0.214 e. The van der Waals surface area contributed by atoms with Crippen LogP contribution in [0.2, 0.25) is 0 Å². The Morgan fingerprint density at radius 1 is 1.16 bits per heavy atom. The van der Waals surface area contributed by atoms with Crippen LogP contribution >= 0.6 is 0 Å². The van der Waals surface area contributed by atoms with Crippen molar-refractivity contribution in [3.8, 4) is 5.69 Å². The predicted molar refractivity (Wildman–Crippen MR) is 96.6 cm³/mol. The second-order valence-corrected chi connectivity index (χ2v) is 5.66. The zero-order chi connectivity index (χ0) is 17.6. The van der Waals surface area contributed by atoms with Gasteiger partial charge in [-0.25, -0.2) is 9.67 Å². The zero-order valence-electron chi connectivity index (χ0n) is 14.7. The average Bonchev–Trinajstić information content (AvgIpc) is 3.23. The number of hydrogen-bond donors (Lipinski definition) is 2. The summed E-state index contributed by atoms with van der Waals surface area (Å²) < 4.78 is 7.41. The summed E-state index contributed by atoms with van der Waals surface area (Å²) in [6.07, 6.45) is 3.84. The van der Waals surface area contributed by atoms with Crippen molar-refractivity contribution in [2.75, 3.05) is 7.05 Å². The van der Waals surface area contributed by atoms with Crippen LogP contribution in [0.3, 0.4) is 0 Å². The second kappa shape index (κ2) is 7.65. The first-order valence-electron chi connectivity index (χ1n) is 8.12. The van der Waals surface area contributed by atoms with Crippen LogP contribution in [0, 0.1) is 13.8 Å². The highest BCUT2D eigenvalue weighted by Gasteiger charge is 2.07. The molecule has 7 heteroatoms. The van der Waals surface area contributed by atoms with E-state index in [0.29, 0.717) is 24.9 Å². The molecule has 130 valence electrons.